The van der Waals surface area contributed by atoms with Gasteiger partial charge in [-0.1, -0.05) is 27.2 Å². The molecule has 2 aromatic rings. The molecule has 0 aliphatic rings. The quantitative estimate of drug-likeness (QED) is 0.513. The van der Waals surface area contributed by atoms with Crippen LogP contribution in [0.15, 0.2) is 46.9 Å². The predicted molar refractivity (Wildman–Crippen MR) is 109 cm³/mol. The zero-order chi connectivity index (χ0) is 18.9. The Morgan fingerprint density at radius 3 is 2.46 bits per heavy atom. The third kappa shape index (κ3) is 6.37. The van der Waals surface area contributed by atoms with E-state index in [0.29, 0.717) is 24.7 Å². The first-order valence-electron chi connectivity index (χ1n) is 8.96. The van der Waals surface area contributed by atoms with Gasteiger partial charge >= 0.3 is 0 Å². The Morgan fingerprint density at radius 1 is 1.12 bits per heavy atom. The SMILES string of the molecule is CCCCOc1ccc(C(=O)Nc2ccc(OCC(C)C)cc2)cc1Br. The number of carbonyl (C=O) groups is 1. The first-order chi connectivity index (χ1) is 12.5. The van der Waals surface area contributed by atoms with Gasteiger partial charge in [-0.25, -0.2) is 0 Å². The maximum absolute atomic E-state index is 12.4. The van der Waals surface area contributed by atoms with E-state index in [-0.39, 0.29) is 5.91 Å². The molecule has 0 aliphatic heterocycles. The fourth-order valence-corrected chi connectivity index (χ4v) is 2.68. The summed E-state index contributed by atoms with van der Waals surface area (Å²) in [6.45, 7) is 7.67. The Bertz CT molecular complexity index is 714. The van der Waals surface area contributed by atoms with Crippen LogP contribution in [0.25, 0.3) is 0 Å². The molecule has 0 atom stereocenters. The summed E-state index contributed by atoms with van der Waals surface area (Å²) in [6, 6.07) is 12.8. The highest BCUT2D eigenvalue weighted by Crippen LogP contribution is 2.27. The number of nitrogens with one attached hydrogen (secondary N) is 1. The van der Waals surface area contributed by atoms with Gasteiger partial charge in [-0.05, 0) is 70.7 Å². The molecule has 26 heavy (non-hydrogen) atoms. The summed E-state index contributed by atoms with van der Waals surface area (Å²) < 4.78 is 12.1. The second kappa shape index (κ2) is 10.2. The van der Waals surface area contributed by atoms with Gasteiger partial charge in [0, 0.05) is 11.3 Å². The van der Waals surface area contributed by atoms with Crippen molar-refractivity contribution >= 4 is 27.5 Å². The number of amides is 1. The zero-order valence-electron chi connectivity index (χ0n) is 15.5. The monoisotopic (exact) mass is 419 g/mol. The van der Waals surface area contributed by atoms with Crippen molar-refractivity contribution in [2.24, 2.45) is 5.92 Å². The normalized spacial score (nSPS) is 10.7. The molecule has 2 rings (SSSR count). The van der Waals surface area contributed by atoms with E-state index >= 15 is 0 Å². The van der Waals surface area contributed by atoms with Crippen LogP contribution in [0.3, 0.4) is 0 Å². The Morgan fingerprint density at radius 2 is 1.85 bits per heavy atom. The van der Waals surface area contributed by atoms with Crippen LogP contribution in [0.4, 0.5) is 5.69 Å². The highest BCUT2D eigenvalue weighted by atomic mass is 79.9. The van der Waals surface area contributed by atoms with Gasteiger partial charge in [0.15, 0.2) is 0 Å². The number of hydrogen-bond acceptors (Lipinski definition) is 3. The molecule has 1 N–H and O–H groups in total. The van der Waals surface area contributed by atoms with E-state index < -0.39 is 0 Å². The number of benzene rings is 2. The summed E-state index contributed by atoms with van der Waals surface area (Å²) in [6.07, 6.45) is 2.09. The second-order valence-corrected chi connectivity index (χ2v) is 7.38. The molecule has 140 valence electrons. The molecule has 0 spiro atoms. The molecule has 5 heteroatoms. The van der Waals surface area contributed by atoms with Gasteiger partial charge in [-0.3, -0.25) is 4.79 Å². The maximum Gasteiger partial charge on any atom is 0.255 e. The van der Waals surface area contributed by atoms with Crippen molar-refractivity contribution in [2.45, 2.75) is 33.6 Å². The Kier molecular flexibility index (Phi) is 7.98. The maximum atomic E-state index is 12.4. The largest absolute Gasteiger partial charge is 0.493 e. The smallest absolute Gasteiger partial charge is 0.255 e. The lowest BCUT2D eigenvalue weighted by atomic mass is 10.2. The number of halogens is 1. The number of rotatable bonds is 9. The van der Waals surface area contributed by atoms with E-state index in [4.69, 9.17) is 9.47 Å². The van der Waals surface area contributed by atoms with Crippen molar-refractivity contribution in [3.05, 3.63) is 52.5 Å². The molecule has 0 fully saturated rings. The first kappa shape index (κ1) is 20.3. The van der Waals surface area contributed by atoms with Crippen LogP contribution >= 0.6 is 15.9 Å². The van der Waals surface area contributed by atoms with Gasteiger partial charge in [0.1, 0.15) is 11.5 Å². The zero-order valence-corrected chi connectivity index (χ0v) is 17.1. The second-order valence-electron chi connectivity index (χ2n) is 6.53. The molecule has 0 aromatic heterocycles. The molecular weight excluding hydrogens is 394 g/mol. The molecule has 2 aromatic carbocycles. The van der Waals surface area contributed by atoms with Crippen LogP contribution in [0.2, 0.25) is 0 Å². The molecule has 0 bridgehead atoms. The lowest BCUT2D eigenvalue weighted by molar-refractivity contribution is 0.102. The van der Waals surface area contributed by atoms with Gasteiger partial charge in [0.05, 0.1) is 17.7 Å². The third-order valence-electron chi connectivity index (χ3n) is 3.65. The van der Waals surface area contributed by atoms with Crippen molar-refractivity contribution in [1.82, 2.24) is 0 Å². The van der Waals surface area contributed by atoms with Crippen molar-refractivity contribution < 1.29 is 14.3 Å². The average molecular weight is 420 g/mol. The fourth-order valence-electron chi connectivity index (χ4n) is 2.19. The summed E-state index contributed by atoms with van der Waals surface area (Å²) in [7, 11) is 0. The van der Waals surface area contributed by atoms with E-state index in [0.717, 1.165) is 34.5 Å². The van der Waals surface area contributed by atoms with E-state index in [1.165, 1.54) is 0 Å². The highest BCUT2D eigenvalue weighted by molar-refractivity contribution is 9.10. The van der Waals surface area contributed by atoms with E-state index in [9.17, 15) is 4.79 Å². The van der Waals surface area contributed by atoms with Gasteiger partial charge in [0.2, 0.25) is 0 Å². The number of anilines is 1. The van der Waals surface area contributed by atoms with Crippen LogP contribution in [0, 0.1) is 5.92 Å². The molecule has 0 unspecified atom stereocenters. The van der Waals surface area contributed by atoms with Crippen molar-refractivity contribution in [1.29, 1.82) is 0 Å². The lowest BCUT2D eigenvalue weighted by Crippen LogP contribution is -2.12. The van der Waals surface area contributed by atoms with Crippen LogP contribution < -0.4 is 14.8 Å². The summed E-state index contributed by atoms with van der Waals surface area (Å²) >= 11 is 3.47. The molecule has 0 saturated carbocycles. The van der Waals surface area contributed by atoms with Crippen LogP contribution in [-0.2, 0) is 0 Å². The van der Waals surface area contributed by atoms with Gasteiger partial charge < -0.3 is 14.8 Å². The van der Waals surface area contributed by atoms with Crippen LogP contribution in [-0.4, -0.2) is 19.1 Å². The Labute approximate surface area is 164 Å². The van der Waals surface area contributed by atoms with Crippen molar-refractivity contribution in [2.75, 3.05) is 18.5 Å². The third-order valence-corrected chi connectivity index (χ3v) is 4.26. The summed E-state index contributed by atoms with van der Waals surface area (Å²) in [5.74, 6) is 1.86. The molecule has 4 nitrogen and oxygen atoms in total. The molecule has 0 saturated heterocycles. The molecule has 0 aliphatic carbocycles. The number of unbranched alkanes of at least 4 members (excludes halogenated alkanes) is 1. The number of carbonyl (C=O) groups excluding carboxylic acids is 1. The van der Waals surface area contributed by atoms with Crippen molar-refractivity contribution in [3.8, 4) is 11.5 Å². The van der Waals surface area contributed by atoms with E-state index in [2.05, 4.69) is 42.0 Å². The van der Waals surface area contributed by atoms with E-state index in [1.807, 2.05) is 30.3 Å². The predicted octanol–water partition coefficient (Wildman–Crippen LogP) is 5.92. The molecular formula is C21H26BrNO3. The lowest BCUT2D eigenvalue weighted by Gasteiger charge is -2.11. The fraction of sp³-hybridized carbons (Fsp3) is 0.381. The summed E-state index contributed by atoms with van der Waals surface area (Å²) in [4.78, 5) is 12.4. The van der Waals surface area contributed by atoms with Crippen molar-refractivity contribution in [3.63, 3.8) is 0 Å². The first-order valence-corrected chi connectivity index (χ1v) is 9.75. The summed E-state index contributed by atoms with van der Waals surface area (Å²) in [5, 5.41) is 2.89. The van der Waals surface area contributed by atoms with Crippen LogP contribution in [0.1, 0.15) is 44.0 Å². The van der Waals surface area contributed by atoms with Gasteiger partial charge in [-0.2, -0.15) is 0 Å². The van der Waals surface area contributed by atoms with Gasteiger partial charge in [-0.15, -0.1) is 0 Å². The average Bonchev–Trinajstić information content (AvgIpc) is 2.62. The standard InChI is InChI=1S/C21H26BrNO3/c1-4-5-12-25-20-11-6-16(13-19(20)22)21(24)23-17-7-9-18(10-8-17)26-14-15(2)3/h6-11,13,15H,4-5,12,14H2,1-3H3,(H,23,24). The Balaban J connectivity index is 1.95. The minimum atomic E-state index is -0.165. The minimum absolute atomic E-state index is 0.165. The highest BCUT2D eigenvalue weighted by Gasteiger charge is 2.10. The number of hydrogen-bond donors (Lipinski definition) is 1. The molecule has 1 amide bonds. The summed E-state index contributed by atoms with van der Waals surface area (Å²) in [5.41, 5.74) is 1.30. The van der Waals surface area contributed by atoms with Crippen LogP contribution in [0.5, 0.6) is 11.5 Å². The number of ether oxygens (including phenoxy) is 2. The van der Waals surface area contributed by atoms with E-state index in [1.54, 1.807) is 12.1 Å². The molecule has 0 heterocycles. The molecule has 0 radical (unpaired) electrons. The van der Waals surface area contributed by atoms with Gasteiger partial charge in [0.25, 0.3) is 5.91 Å². The topological polar surface area (TPSA) is 47.6 Å². The minimum Gasteiger partial charge on any atom is -0.493 e. The Hall–Kier alpha value is -2.01.